The van der Waals surface area contributed by atoms with Crippen molar-refractivity contribution in [3.63, 3.8) is 0 Å². The van der Waals surface area contributed by atoms with Gasteiger partial charge in [-0.3, -0.25) is 4.68 Å². The second-order valence-corrected chi connectivity index (χ2v) is 4.06. The smallest absolute Gasteiger partial charge is 0.339 e. The van der Waals surface area contributed by atoms with E-state index in [-0.39, 0.29) is 5.56 Å². The number of nitrogens with zero attached hydrogens (tertiary/aromatic N) is 2. The topological polar surface area (TPSA) is 64.4 Å². The summed E-state index contributed by atoms with van der Waals surface area (Å²) in [4.78, 5) is 11.1. The van der Waals surface area contributed by atoms with Crippen molar-refractivity contribution in [1.29, 1.82) is 0 Å². The fraction of sp³-hybridized carbons (Fsp3) is 0.231. The molecule has 0 saturated heterocycles. The largest absolute Gasteiger partial charge is 0.496 e. The Morgan fingerprint density at radius 2 is 2.28 bits per heavy atom. The summed E-state index contributed by atoms with van der Waals surface area (Å²) in [7, 11) is 1.46. The molecule has 1 aromatic carbocycles. The van der Waals surface area contributed by atoms with Gasteiger partial charge in [-0.2, -0.15) is 5.10 Å². The number of ether oxygens (including phenoxy) is 1. The number of carboxylic acid groups (broad SMARTS) is 1. The van der Waals surface area contributed by atoms with E-state index in [1.807, 2.05) is 19.2 Å². The number of hydrogen-bond acceptors (Lipinski definition) is 3. The summed E-state index contributed by atoms with van der Waals surface area (Å²) in [5.41, 5.74) is 2.11. The van der Waals surface area contributed by atoms with Crippen LogP contribution in [0.15, 0.2) is 30.6 Å². The molecule has 0 atom stereocenters. The van der Waals surface area contributed by atoms with Crippen LogP contribution in [0.2, 0.25) is 0 Å². The summed E-state index contributed by atoms with van der Waals surface area (Å²) in [6.07, 6.45) is 3.67. The predicted molar refractivity (Wildman–Crippen MR) is 66.0 cm³/mol. The third-order valence-electron chi connectivity index (χ3n) is 2.60. The summed E-state index contributed by atoms with van der Waals surface area (Å²) in [5, 5.41) is 13.3. The highest BCUT2D eigenvalue weighted by Gasteiger charge is 2.11. The molecule has 0 saturated carbocycles. The summed E-state index contributed by atoms with van der Waals surface area (Å²) >= 11 is 0. The van der Waals surface area contributed by atoms with Crippen LogP contribution in [0.5, 0.6) is 5.75 Å². The van der Waals surface area contributed by atoms with Gasteiger partial charge >= 0.3 is 5.97 Å². The van der Waals surface area contributed by atoms with E-state index in [9.17, 15) is 4.79 Å². The van der Waals surface area contributed by atoms with Crippen molar-refractivity contribution in [2.24, 2.45) is 0 Å². The normalized spacial score (nSPS) is 10.3. The summed E-state index contributed by atoms with van der Waals surface area (Å²) in [5.74, 6) is -0.631. The number of benzene rings is 1. The van der Waals surface area contributed by atoms with Crippen LogP contribution in [0, 0.1) is 6.92 Å². The zero-order chi connectivity index (χ0) is 13.1. The first kappa shape index (κ1) is 12.2. The molecule has 0 bridgehead atoms. The lowest BCUT2D eigenvalue weighted by atomic mass is 10.1. The average molecular weight is 246 g/mol. The quantitative estimate of drug-likeness (QED) is 0.895. The van der Waals surface area contributed by atoms with Crippen molar-refractivity contribution < 1.29 is 14.6 Å². The zero-order valence-corrected chi connectivity index (χ0v) is 10.3. The lowest BCUT2D eigenvalue weighted by molar-refractivity contribution is 0.0693. The van der Waals surface area contributed by atoms with Crippen LogP contribution < -0.4 is 4.74 Å². The monoisotopic (exact) mass is 246 g/mol. The molecule has 0 spiro atoms. The number of carboxylic acids is 1. The van der Waals surface area contributed by atoms with Crippen molar-refractivity contribution in [3.05, 3.63) is 47.3 Å². The highest BCUT2D eigenvalue weighted by Crippen LogP contribution is 2.20. The van der Waals surface area contributed by atoms with Gasteiger partial charge < -0.3 is 9.84 Å². The Labute approximate surface area is 105 Å². The molecule has 1 N–H and O–H groups in total. The van der Waals surface area contributed by atoms with Gasteiger partial charge in [0.2, 0.25) is 0 Å². The first-order valence-electron chi connectivity index (χ1n) is 5.49. The maximum atomic E-state index is 11.1. The molecule has 0 radical (unpaired) electrons. The Balaban J connectivity index is 2.29. The predicted octanol–water partition coefficient (Wildman–Crippen LogP) is 1.95. The molecule has 0 aliphatic heterocycles. The van der Waals surface area contributed by atoms with Gasteiger partial charge in [-0.1, -0.05) is 6.07 Å². The molecule has 94 valence electrons. The van der Waals surface area contributed by atoms with E-state index in [0.29, 0.717) is 12.3 Å². The minimum atomic E-state index is -0.995. The molecule has 0 unspecified atom stereocenters. The maximum absolute atomic E-state index is 11.1. The SMILES string of the molecule is COc1ccc(Cn2cc(C)cn2)cc1C(=O)O. The van der Waals surface area contributed by atoms with Gasteiger partial charge in [-0.25, -0.2) is 4.79 Å². The standard InChI is InChI=1S/C13H14N2O3/c1-9-6-14-15(7-9)8-10-3-4-12(18-2)11(5-10)13(16)17/h3-7H,8H2,1-2H3,(H,16,17). The van der Waals surface area contributed by atoms with E-state index >= 15 is 0 Å². The Kier molecular flexibility index (Phi) is 3.32. The number of carbonyl (C=O) groups is 1. The molecule has 1 aromatic heterocycles. The fourth-order valence-corrected chi connectivity index (χ4v) is 1.76. The van der Waals surface area contributed by atoms with Crippen LogP contribution in [-0.2, 0) is 6.54 Å². The van der Waals surface area contributed by atoms with Crippen LogP contribution in [0.4, 0.5) is 0 Å². The fourth-order valence-electron chi connectivity index (χ4n) is 1.76. The summed E-state index contributed by atoms with van der Waals surface area (Å²) < 4.78 is 6.78. The van der Waals surface area contributed by atoms with Gasteiger partial charge in [0.25, 0.3) is 0 Å². The van der Waals surface area contributed by atoms with Gasteiger partial charge in [0.05, 0.1) is 19.9 Å². The Hall–Kier alpha value is -2.30. The second kappa shape index (κ2) is 4.91. The van der Waals surface area contributed by atoms with Crippen LogP contribution in [0.1, 0.15) is 21.5 Å². The minimum absolute atomic E-state index is 0.166. The number of aromatic carboxylic acids is 1. The number of aryl methyl sites for hydroxylation is 1. The summed E-state index contributed by atoms with van der Waals surface area (Å²) in [6, 6.07) is 5.11. The lowest BCUT2D eigenvalue weighted by Gasteiger charge is -2.07. The third kappa shape index (κ3) is 2.51. The van der Waals surface area contributed by atoms with Gasteiger partial charge in [-0.15, -0.1) is 0 Å². The van der Waals surface area contributed by atoms with Gasteiger partial charge in [0, 0.05) is 6.20 Å². The van der Waals surface area contributed by atoms with Crippen LogP contribution in [0.25, 0.3) is 0 Å². The van der Waals surface area contributed by atoms with Crippen molar-refractivity contribution in [2.45, 2.75) is 13.5 Å². The van der Waals surface area contributed by atoms with Crippen molar-refractivity contribution in [3.8, 4) is 5.75 Å². The Morgan fingerprint density at radius 3 is 2.83 bits per heavy atom. The van der Waals surface area contributed by atoms with Gasteiger partial charge in [-0.05, 0) is 30.2 Å². The molecular formula is C13H14N2O3. The lowest BCUT2D eigenvalue weighted by Crippen LogP contribution is -2.04. The highest BCUT2D eigenvalue weighted by molar-refractivity contribution is 5.91. The van der Waals surface area contributed by atoms with E-state index in [2.05, 4.69) is 5.10 Å². The van der Waals surface area contributed by atoms with Crippen LogP contribution >= 0.6 is 0 Å². The number of rotatable bonds is 4. The van der Waals surface area contributed by atoms with E-state index < -0.39 is 5.97 Å². The first-order valence-corrected chi connectivity index (χ1v) is 5.49. The van der Waals surface area contributed by atoms with Crippen molar-refractivity contribution in [1.82, 2.24) is 9.78 Å². The van der Waals surface area contributed by atoms with E-state index in [0.717, 1.165) is 11.1 Å². The molecule has 18 heavy (non-hydrogen) atoms. The average Bonchev–Trinajstić information content (AvgIpc) is 2.74. The number of methoxy groups -OCH3 is 1. The zero-order valence-electron chi connectivity index (χ0n) is 10.3. The highest BCUT2D eigenvalue weighted by atomic mass is 16.5. The molecule has 5 heteroatoms. The molecule has 0 aliphatic carbocycles. The maximum Gasteiger partial charge on any atom is 0.339 e. The molecule has 2 aromatic rings. The molecule has 0 amide bonds. The Bertz CT molecular complexity index is 575. The molecule has 2 rings (SSSR count). The van der Waals surface area contributed by atoms with Crippen LogP contribution in [-0.4, -0.2) is 28.0 Å². The molecule has 0 aliphatic rings. The molecule has 0 fully saturated rings. The third-order valence-corrected chi connectivity index (χ3v) is 2.60. The van der Waals surface area contributed by atoms with Crippen molar-refractivity contribution >= 4 is 5.97 Å². The Morgan fingerprint density at radius 1 is 1.50 bits per heavy atom. The van der Waals surface area contributed by atoms with E-state index in [1.54, 1.807) is 23.0 Å². The summed E-state index contributed by atoms with van der Waals surface area (Å²) in [6.45, 7) is 2.50. The number of hydrogen-bond donors (Lipinski definition) is 1. The van der Waals surface area contributed by atoms with Crippen LogP contribution in [0.3, 0.4) is 0 Å². The van der Waals surface area contributed by atoms with Crippen molar-refractivity contribution in [2.75, 3.05) is 7.11 Å². The molecular weight excluding hydrogens is 232 g/mol. The van der Waals surface area contributed by atoms with E-state index in [4.69, 9.17) is 9.84 Å². The number of aromatic nitrogens is 2. The first-order chi connectivity index (χ1) is 8.60. The molecule has 5 nitrogen and oxygen atoms in total. The molecule has 1 heterocycles. The minimum Gasteiger partial charge on any atom is -0.496 e. The second-order valence-electron chi connectivity index (χ2n) is 4.06. The van der Waals surface area contributed by atoms with Gasteiger partial charge in [0.1, 0.15) is 11.3 Å². The van der Waals surface area contributed by atoms with E-state index in [1.165, 1.54) is 7.11 Å². The van der Waals surface area contributed by atoms with Gasteiger partial charge in [0.15, 0.2) is 0 Å².